The van der Waals surface area contributed by atoms with Crippen LogP contribution >= 0.6 is 0 Å². The van der Waals surface area contributed by atoms with E-state index in [4.69, 9.17) is 0 Å². The summed E-state index contributed by atoms with van der Waals surface area (Å²) in [6.45, 7) is 6.23. The molecule has 1 saturated heterocycles. The maximum atomic E-state index is 9.80. The fraction of sp³-hybridized carbons (Fsp3) is 0.538. The third kappa shape index (κ3) is 2.15. The van der Waals surface area contributed by atoms with Gasteiger partial charge in [0.25, 0.3) is 0 Å². The van der Waals surface area contributed by atoms with E-state index in [1.807, 2.05) is 13.0 Å². The molecule has 0 unspecified atom stereocenters. The lowest BCUT2D eigenvalue weighted by atomic mass is 9.88. The Labute approximate surface area is 91.3 Å². The van der Waals surface area contributed by atoms with Crippen molar-refractivity contribution in [3.63, 3.8) is 0 Å². The van der Waals surface area contributed by atoms with Crippen molar-refractivity contribution in [1.29, 1.82) is 0 Å². The van der Waals surface area contributed by atoms with Gasteiger partial charge in [-0.25, -0.2) is 0 Å². The van der Waals surface area contributed by atoms with Gasteiger partial charge in [0.05, 0.1) is 0 Å². The number of phenolic OH excluding ortho intramolecular Hbond substituents is 1. The molecule has 1 heterocycles. The molecule has 82 valence electrons. The first-order chi connectivity index (χ1) is 7.18. The van der Waals surface area contributed by atoms with E-state index in [0.29, 0.717) is 11.7 Å². The number of nitrogens with one attached hydrogen (secondary N) is 1. The van der Waals surface area contributed by atoms with Crippen molar-refractivity contribution in [2.45, 2.75) is 32.6 Å². The fourth-order valence-corrected chi connectivity index (χ4v) is 2.26. The molecule has 0 amide bonds. The Morgan fingerprint density at radius 2 is 1.87 bits per heavy atom. The van der Waals surface area contributed by atoms with Gasteiger partial charge in [-0.2, -0.15) is 0 Å². The van der Waals surface area contributed by atoms with Crippen molar-refractivity contribution >= 4 is 0 Å². The van der Waals surface area contributed by atoms with Gasteiger partial charge in [-0.1, -0.05) is 6.07 Å². The highest BCUT2D eigenvalue weighted by Crippen LogP contribution is 2.31. The average Bonchev–Trinajstić information content (AvgIpc) is 2.26. The molecular formula is C13H19NO. The van der Waals surface area contributed by atoms with Crippen LogP contribution in [0, 0.1) is 13.8 Å². The van der Waals surface area contributed by atoms with Crippen LogP contribution in [0.5, 0.6) is 5.75 Å². The molecule has 0 aromatic heterocycles. The highest BCUT2D eigenvalue weighted by molar-refractivity contribution is 5.42. The van der Waals surface area contributed by atoms with E-state index in [-0.39, 0.29) is 0 Å². The molecule has 1 aliphatic rings. The maximum absolute atomic E-state index is 9.80. The summed E-state index contributed by atoms with van der Waals surface area (Å²) in [5.41, 5.74) is 3.51. The summed E-state index contributed by atoms with van der Waals surface area (Å²) in [7, 11) is 0. The molecule has 0 atom stereocenters. The minimum Gasteiger partial charge on any atom is -0.508 e. The molecule has 2 N–H and O–H groups in total. The van der Waals surface area contributed by atoms with E-state index in [9.17, 15) is 5.11 Å². The summed E-state index contributed by atoms with van der Waals surface area (Å²) in [5, 5.41) is 13.2. The molecule has 0 saturated carbocycles. The molecule has 2 heteroatoms. The Kier molecular flexibility index (Phi) is 2.96. The monoisotopic (exact) mass is 205 g/mol. The number of rotatable bonds is 1. The van der Waals surface area contributed by atoms with Crippen molar-refractivity contribution in [2.75, 3.05) is 13.1 Å². The van der Waals surface area contributed by atoms with E-state index in [1.165, 1.54) is 24.0 Å². The smallest absolute Gasteiger partial charge is 0.119 e. The third-order valence-corrected chi connectivity index (χ3v) is 3.47. The first-order valence-electron chi connectivity index (χ1n) is 5.69. The van der Waals surface area contributed by atoms with Crippen molar-refractivity contribution < 1.29 is 5.11 Å². The molecule has 15 heavy (non-hydrogen) atoms. The highest BCUT2D eigenvalue weighted by Gasteiger charge is 2.16. The number of benzene rings is 1. The molecule has 0 radical (unpaired) electrons. The van der Waals surface area contributed by atoms with Crippen LogP contribution in [0.4, 0.5) is 0 Å². The molecule has 1 aromatic carbocycles. The zero-order chi connectivity index (χ0) is 10.8. The lowest BCUT2D eigenvalue weighted by molar-refractivity contribution is 0.449. The van der Waals surface area contributed by atoms with Gasteiger partial charge in [-0.05, 0) is 68.5 Å². The Bertz CT molecular complexity index is 331. The van der Waals surface area contributed by atoms with Crippen molar-refractivity contribution in [2.24, 2.45) is 0 Å². The maximum Gasteiger partial charge on any atom is 0.119 e. The second kappa shape index (κ2) is 4.23. The second-order valence-corrected chi connectivity index (χ2v) is 4.51. The standard InChI is InChI=1S/C13H19NO/c1-9-7-12(8-13(15)10(9)2)11-3-5-14-6-4-11/h7-8,11,14-15H,3-6H2,1-2H3. The summed E-state index contributed by atoms with van der Waals surface area (Å²) < 4.78 is 0. The van der Waals surface area contributed by atoms with Crippen LogP contribution in [-0.2, 0) is 0 Å². The molecular weight excluding hydrogens is 186 g/mol. The summed E-state index contributed by atoms with van der Waals surface area (Å²) in [4.78, 5) is 0. The molecule has 0 bridgehead atoms. The molecule has 2 nitrogen and oxygen atoms in total. The Hall–Kier alpha value is -1.02. The van der Waals surface area contributed by atoms with E-state index in [1.54, 1.807) is 0 Å². The molecule has 0 spiro atoms. The van der Waals surface area contributed by atoms with E-state index in [0.717, 1.165) is 18.7 Å². The van der Waals surface area contributed by atoms with Gasteiger partial charge in [-0.15, -0.1) is 0 Å². The van der Waals surface area contributed by atoms with E-state index >= 15 is 0 Å². The number of phenols is 1. The van der Waals surface area contributed by atoms with Crippen molar-refractivity contribution in [1.82, 2.24) is 5.32 Å². The zero-order valence-corrected chi connectivity index (χ0v) is 9.51. The average molecular weight is 205 g/mol. The molecule has 1 aliphatic heterocycles. The lowest BCUT2D eigenvalue weighted by Crippen LogP contribution is -2.26. The first kappa shape index (κ1) is 10.5. The van der Waals surface area contributed by atoms with Crippen LogP contribution in [0.15, 0.2) is 12.1 Å². The Morgan fingerprint density at radius 1 is 1.20 bits per heavy atom. The molecule has 0 aliphatic carbocycles. The summed E-state index contributed by atoms with van der Waals surface area (Å²) in [6.07, 6.45) is 2.36. The summed E-state index contributed by atoms with van der Waals surface area (Å²) in [6, 6.07) is 4.17. The lowest BCUT2D eigenvalue weighted by Gasteiger charge is -2.23. The molecule has 2 rings (SSSR count). The Balaban J connectivity index is 2.27. The fourth-order valence-electron chi connectivity index (χ4n) is 2.26. The molecule has 1 fully saturated rings. The largest absolute Gasteiger partial charge is 0.508 e. The first-order valence-corrected chi connectivity index (χ1v) is 5.69. The van der Waals surface area contributed by atoms with Gasteiger partial charge in [0.1, 0.15) is 5.75 Å². The highest BCUT2D eigenvalue weighted by atomic mass is 16.3. The van der Waals surface area contributed by atoms with Gasteiger partial charge in [0.15, 0.2) is 0 Å². The van der Waals surface area contributed by atoms with Crippen molar-refractivity contribution in [3.05, 3.63) is 28.8 Å². The summed E-state index contributed by atoms with van der Waals surface area (Å²) >= 11 is 0. The van der Waals surface area contributed by atoms with Gasteiger partial charge in [0, 0.05) is 0 Å². The number of hydrogen-bond donors (Lipinski definition) is 2. The summed E-state index contributed by atoms with van der Waals surface area (Å²) in [5.74, 6) is 1.07. The number of aromatic hydroxyl groups is 1. The minimum atomic E-state index is 0.448. The van der Waals surface area contributed by atoms with Gasteiger partial charge in [-0.3, -0.25) is 0 Å². The van der Waals surface area contributed by atoms with Crippen LogP contribution in [0.3, 0.4) is 0 Å². The third-order valence-electron chi connectivity index (χ3n) is 3.47. The van der Waals surface area contributed by atoms with E-state index in [2.05, 4.69) is 18.3 Å². The zero-order valence-electron chi connectivity index (χ0n) is 9.51. The number of hydrogen-bond acceptors (Lipinski definition) is 2. The second-order valence-electron chi connectivity index (χ2n) is 4.51. The van der Waals surface area contributed by atoms with Crippen LogP contribution in [0.25, 0.3) is 0 Å². The molecule has 1 aromatic rings. The topological polar surface area (TPSA) is 32.3 Å². The normalized spacial score (nSPS) is 18.0. The predicted molar refractivity (Wildman–Crippen MR) is 62.4 cm³/mol. The van der Waals surface area contributed by atoms with Gasteiger partial charge in [0.2, 0.25) is 0 Å². The quantitative estimate of drug-likeness (QED) is 0.738. The SMILES string of the molecule is Cc1cc(C2CCNCC2)cc(O)c1C. The van der Waals surface area contributed by atoms with Crippen LogP contribution in [0.1, 0.15) is 35.4 Å². The van der Waals surface area contributed by atoms with E-state index < -0.39 is 0 Å². The minimum absolute atomic E-state index is 0.448. The van der Waals surface area contributed by atoms with Gasteiger partial charge >= 0.3 is 0 Å². The number of piperidine rings is 1. The predicted octanol–water partition coefficient (Wildman–Crippen LogP) is 2.48. The van der Waals surface area contributed by atoms with Crippen LogP contribution in [-0.4, -0.2) is 18.2 Å². The van der Waals surface area contributed by atoms with Crippen LogP contribution < -0.4 is 5.32 Å². The van der Waals surface area contributed by atoms with Crippen LogP contribution in [0.2, 0.25) is 0 Å². The van der Waals surface area contributed by atoms with Crippen molar-refractivity contribution in [3.8, 4) is 5.75 Å². The van der Waals surface area contributed by atoms with Gasteiger partial charge < -0.3 is 10.4 Å². The Morgan fingerprint density at radius 3 is 2.47 bits per heavy atom. The number of aryl methyl sites for hydroxylation is 1.